The Labute approximate surface area is 149 Å². The van der Waals surface area contributed by atoms with Crippen LogP contribution in [0.1, 0.15) is 37.9 Å². The highest BCUT2D eigenvalue weighted by Gasteiger charge is 2.21. The second-order valence-electron chi connectivity index (χ2n) is 6.79. The van der Waals surface area contributed by atoms with Crippen LogP contribution < -0.4 is 9.47 Å². The summed E-state index contributed by atoms with van der Waals surface area (Å²) < 4.78 is 11.6. The van der Waals surface area contributed by atoms with Crippen LogP contribution in [-0.2, 0) is 6.54 Å². The Balaban J connectivity index is 1.48. The Morgan fingerprint density at radius 1 is 1.16 bits per heavy atom. The van der Waals surface area contributed by atoms with Crippen LogP contribution in [0.2, 0.25) is 0 Å². The van der Waals surface area contributed by atoms with Crippen molar-refractivity contribution in [2.75, 3.05) is 13.1 Å². The van der Waals surface area contributed by atoms with Crippen molar-refractivity contribution >= 4 is 0 Å². The van der Waals surface area contributed by atoms with Gasteiger partial charge in [-0.15, -0.1) is 0 Å². The molecule has 2 aromatic heterocycles. The molecule has 1 fully saturated rings. The number of likely N-dealkylation sites (tertiary alicyclic amines) is 1. The van der Waals surface area contributed by atoms with E-state index in [0.29, 0.717) is 6.01 Å². The zero-order chi connectivity index (χ0) is 17.6. The van der Waals surface area contributed by atoms with Gasteiger partial charge in [0.2, 0.25) is 0 Å². The molecular weight excluding hydrogens is 316 g/mol. The van der Waals surface area contributed by atoms with Gasteiger partial charge in [0.05, 0.1) is 11.8 Å². The van der Waals surface area contributed by atoms with Gasteiger partial charge < -0.3 is 9.47 Å². The van der Waals surface area contributed by atoms with Gasteiger partial charge in [0.1, 0.15) is 11.9 Å². The highest BCUT2D eigenvalue weighted by molar-refractivity contribution is 5.22. The summed E-state index contributed by atoms with van der Waals surface area (Å²) in [5, 5.41) is 0. The lowest BCUT2D eigenvalue weighted by molar-refractivity contribution is 0.0885. The van der Waals surface area contributed by atoms with Crippen LogP contribution in [0.5, 0.6) is 11.8 Å². The van der Waals surface area contributed by atoms with Crippen molar-refractivity contribution in [3.05, 3.63) is 42.0 Å². The Morgan fingerprint density at radius 3 is 2.56 bits per heavy atom. The normalized spacial score (nSPS) is 16.2. The van der Waals surface area contributed by atoms with Crippen LogP contribution in [0.25, 0.3) is 0 Å². The molecule has 0 bridgehead atoms. The molecule has 1 aliphatic heterocycles. The van der Waals surface area contributed by atoms with Crippen LogP contribution in [-0.4, -0.2) is 45.1 Å². The van der Waals surface area contributed by atoms with Crippen LogP contribution in [0.3, 0.4) is 0 Å². The van der Waals surface area contributed by atoms with E-state index in [9.17, 15) is 0 Å². The summed E-state index contributed by atoms with van der Waals surface area (Å²) in [7, 11) is 0. The molecule has 6 nitrogen and oxygen atoms in total. The van der Waals surface area contributed by atoms with Gasteiger partial charge in [0, 0.05) is 44.3 Å². The number of hydrogen-bond donors (Lipinski definition) is 0. The number of pyridine rings is 1. The molecule has 3 rings (SSSR count). The second kappa shape index (κ2) is 8.25. The van der Waals surface area contributed by atoms with E-state index in [2.05, 4.69) is 19.9 Å². The lowest BCUT2D eigenvalue weighted by Gasteiger charge is -2.31. The molecule has 0 N–H and O–H groups in total. The zero-order valence-electron chi connectivity index (χ0n) is 15.2. The first-order chi connectivity index (χ1) is 12.1. The smallest absolute Gasteiger partial charge is 0.316 e. The molecule has 1 aliphatic rings. The fourth-order valence-corrected chi connectivity index (χ4v) is 2.89. The maximum atomic E-state index is 5.89. The minimum atomic E-state index is 0.173. The predicted molar refractivity (Wildman–Crippen MR) is 95.7 cm³/mol. The van der Waals surface area contributed by atoms with Crippen LogP contribution in [0.4, 0.5) is 0 Å². The van der Waals surface area contributed by atoms with Crippen LogP contribution in [0.15, 0.2) is 30.7 Å². The van der Waals surface area contributed by atoms with E-state index in [1.165, 1.54) is 0 Å². The quantitative estimate of drug-likeness (QED) is 0.804. The molecular formula is C19H26N4O2. The van der Waals surface area contributed by atoms with E-state index < -0.39 is 0 Å². The number of ether oxygens (including phenoxy) is 2. The number of rotatable bonds is 6. The van der Waals surface area contributed by atoms with Crippen molar-refractivity contribution in [2.24, 2.45) is 0 Å². The first-order valence-electron chi connectivity index (χ1n) is 8.88. The minimum absolute atomic E-state index is 0.173. The molecule has 0 aliphatic carbocycles. The highest BCUT2D eigenvalue weighted by Crippen LogP contribution is 2.19. The molecule has 0 unspecified atom stereocenters. The fourth-order valence-electron chi connectivity index (χ4n) is 2.89. The van der Waals surface area contributed by atoms with Gasteiger partial charge in [-0.05, 0) is 45.2 Å². The lowest BCUT2D eigenvalue weighted by atomic mass is 10.1. The van der Waals surface area contributed by atoms with E-state index in [4.69, 9.17) is 9.47 Å². The monoisotopic (exact) mass is 342 g/mol. The van der Waals surface area contributed by atoms with E-state index in [-0.39, 0.29) is 12.2 Å². The third-order valence-electron chi connectivity index (χ3n) is 4.11. The first kappa shape index (κ1) is 17.6. The van der Waals surface area contributed by atoms with Gasteiger partial charge in [0.25, 0.3) is 0 Å². The van der Waals surface area contributed by atoms with Crippen LogP contribution >= 0.6 is 0 Å². The minimum Gasteiger partial charge on any atom is -0.491 e. The Hall–Kier alpha value is -2.21. The summed E-state index contributed by atoms with van der Waals surface area (Å²) in [5.41, 5.74) is 2.08. The van der Waals surface area contributed by atoms with Gasteiger partial charge in [-0.3, -0.25) is 9.88 Å². The molecule has 0 aromatic carbocycles. The molecule has 1 saturated heterocycles. The maximum absolute atomic E-state index is 5.89. The van der Waals surface area contributed by atoms with Crippen LogP contribution in [0, 0.1) is 6.92 Å². The van der Waals surface area contributed by atoms with Crippen molar-refractivity contribution in [1.82, 2.24) is 19.9 Å². The number of hydrogen-bond acceptors (Lipinski definition) is 6. The summed E-state index contributed by atoms with van der Waals surface area (Å²) in [6.07, 6.45) is 7.69. The third-order valence-corrected chi connectivity index (χ3v) is 4.11. The molecule has 2 aromatic rings. The van der Waals surface area contributed by atoms with Gasteiger partial charge >= 0.3 is 6.01 Å². The third kappa shape index (κ3) is 5.39. The molecule has 0 spiro atoms. The first-order valence-corrected chi connectivity index (χ1v) is 8.88. The zero-order valence-corrected chi connectivity index (χ0v) is 15.2. The van der Waals surface area contributed by atoms with E-state index in [1.807, 2.05) is 39.1 Å². The van der Waals surface area contributed by atoms with Gasteiger partial charge in [-0.2, -0.15) is 0 Å². The molecule has 25 heavy (non-hydrogen) atoms. The van der Waals surface area contributed by atoms with Gasteiger partial charge in [-0.1, -0.05) is 0 Å². The van der Waals surface area contributed by atoms with Crippen molar-refractivity contribution in [3.63, 3.8) is 0 Å². The molecule has 6 heteroatoms. The summed E-state index contributed by atoms with van der Waals surface area (Å²) in [4.78, 5) is 15.3. The molecule has 0 amide bonds. The fraction of sp³-hybridized carbons (Fsp3) is 0.526. The number of nitrogens with zero attached hydrogens (tertiary/aromatic N) is 4. The molecule has 0 atom stereocenters. The summed E-state index contributed by atoms with van der Waals surface area (Å²) in [6, 6.07) is 4.41. The second-order valence-corrected chi connectivity index (χ2v) is 6.79. The molecule has 0 radical (unpaired) electrons. The summed E-state index contributed by atoms with van der Waals surface area (Å²) in [6.45, 7) is 8.83. The molecule has 3 heterocycles. The van der Waals surface area contributed by atoms with E-state index >= 15 is 0 Å². The highest BCUT2D eigenvalue weighted by atomic mass is 16.5. The number of aromatic nitrogens is 3. The van der Waals surface area contributed by atoms with Crippen molar-refractivity contribution in [2.45, 2.75) is 52.4 Å². The average Bonchev–Trinajstić information content (AvgIpc) is 2.58. The topological polar surface area (TPSA) is 60.4 Å². The molecule has 0 saturated carbocycles. The van der Waals surface area contributed by atoms with Gasteiger partial charge in [-0.25, -0.2) is 9.97 Å². The van der Waals surface area contributed by atoms with Crippen molar-refractivity contribution < 1.29 is 9.47 Å². The Morgan fingerprint density at radius 2 is 1.88 bits per heavy atom. The maximum Gasteiger partial charge on any atom is 0.316 e. The van der Waals surface area contributed by atoms with E-state index in [1.54, 1.807) is 12.4 Å². The largest absolute Gasteiger partial charge is 0.491 e. The predicted octanol–water partition coefficient (Wildman–Crippen LogP) is 3.01. The summed E-state index contributed by atoms with van der Waals surface area (Å²) in [5.74, 6) is 0.884. The summed E-state index contributed by atoms with van der Waals surface area (Å²) >= 11 is 0. The number of aryl methyl sites for hydroxylation is 1. The van der Waals surface area contributed by atoms with Crippen molar-refractivity contribution in [3.8, 4) is 11.8 Å². The standard InChI is InChI=1S/C19H26N4O2/c1-14(2)24-18-4-7-20-16(10-18)13-23-8-5-17(6-9-23)25-19-21-11-15(3)12-22-19/h4,7,10-12,14,17H,5-6,8-9,13H2,1-3H3. The number of piperidine rings is 1. The average molecular weight is 342 g/mol. The van der Waals surface area contributed by atoms with Crippen molar-refractivity contribution in [1.29, 1.82) is 0 Å². The van der Waals surface area contributed by atoms with E-state index in [0.717, 1.165) is 49.5 Å². The lowest BCUT2D eigenvalue weighted by Crippen LogP contribution is -2.38. The Bertz CT molecular complexity index is 667. The SMILES string of the molecule is Cc1cnc(OC2CCN(Cc3cc(OC(C)C)ccn3)CC2)nc1. The Kier molecular flexibility index (Phi) is 5.81. The molecule has 134 valence electrons. The van der Waals surface area contributed by atoms with Gasteiger partial charge in [0.15, 0.2) is 0 Å².